The predicted octanol–water partition coefficient (Wildman–Crippen LogP) is 1.82. The molecule has 2 nitrogen and oxygen atoms in total. The normalized spacial score (nSPS) is 14.2. The van der Waals surface area contributed by atoms with E-state index in [1.54, 1.807) is 0 Å². The van der Waals surface area contributed by atoms with E-state index in [9.17, 15) is 4.79 Å². The van der Waals surface area contributed by atoms with E-state index in [1.165, 1.54) is 0 Å². The minimum absolute atomic E-state index is 0.0975. The molecular formula is C10H10O2. The van der Waals surface area contributed by atoms with Gasteiger partial charge in [-0.05, 0) is 18.1 Å². The van der Waals surface area contributed by atoms with Crippen molar-refractivity contribution in [1.29, 1.82) is 0 Å². The van der Waals surface area contributed by atoms with Gasteiger partial charge in [0.05, 0.1) is 5.56 Å². The maximum Gasteiger partial charge on any atom is 0.203 e. The number of para-hydroxylation sites is 1. The number of ether oxygens (including phenoxy) is 1. The average Bonchev–Trinajstić information content (AvgIpc) is 2.48. The Labute approximate surface area is 71.2 Å². The maximum atomic E-state index is 11.2. The number of hydrogen-bond donors (Lipinski definition) is 0. The van der Waals surface area contributed by atoms with Crippen molar-refractivity contribution < 1.29 is 9.53 Å². The third-order valence-corrected chi connectivity index (χ3v) is 2.13. The first kappa shape index (κ1) is 7.35. The van der Waals surface area contributed by atoms with E-state index >= 15 is 0 Å². The number of carbonyl (C=O) groups is 1. The number of hydrogen-bond acceptors (Lipinski definition) is 2. The van der Waals surface area contributed by atoms with E-state index in [0.717, 1.165) is 23.3 Å². The Morgan fingerprint density at radius 3 is 3.08 bits per heavy atom. The molecule has 0 amide bonds. The van der Waals surface area contributed by atoms with E-state index in [-0.39, 0.29) is 12.4 Å². The number of benzene rings is 1. The van der Waals surface area contributed by atoms with Crippen LogP contribution in [-0.4, -0.2) is 12.4 Å². The number of fused-ring (bicyclic) bond motifs is 1. The molecular weight excluding hydrogens is 152 g/mol. The highest BCUT2D eigenvalue weighted by atomic mass is 16.5. The summed E-state index contributed by atoms with van der Waals surface area (Å²) in [6, 6.07) is 5.73. The van der Waals surface area contributed by atoms with Gasteiger partial charge in [0.15, 0.2) is 6.61 Å². The lowest BCUT2D eigenvalue weighted by molar-refractivity contribution is 0.0961. The van der Waals surface area contributed by atoms with Crippen LogP contribution in [0.5, 0.6) is 5.75 Å². The van der Waals surface area contributed by atoms with Crippen LogP contribution in [0.2, 0.25) is 0 Å². The summed E-state index contributed by atoms with van der Waals surface area (Å²) in [5, 5.41) is 0. The fourth-order valence-corrected chi connectivity index (χ4v) is 1.47. The molecule has 0 aliphatic carbocycles. The molecule has 1 aromatic rings. The van der Waals surface area contributed by atoms with Crippen LogP contribution in [0.25, 0.3) is 0 Å². The zero-order chi connectivity index (χ0) is 8.55. The van der Waals surface area contributed by atoms with Gasteiger partial charge in [0.2, 0.25) is 5.78 Å². The molecule has 2 heteroatoms. The van der Waals surface area contributed by atoms with Crippen molar-refractivity contribution in [2.75, 3.05) is 6.61 Å². The van der Waals surface area contributed by atoms with Crippen LogP contribution >= 0.6 is 0 Å². The molecule has 1 aromatic carbocycles. The van der Waals surface area contributed by atoms with E-state index in [2.05, 4.69) is 6.92 Å². The van der Waals surface area contributed by atoms with Gasteiger partial charge in [-0.2, -0.15) is 0 Å². The second-order valence-electron chi connectivity index (χ2n) is 2.86. The first-order valence-corrected chi connectivity index (χ1v) is 4.11. The summed E-state index contributed by atoms with van der Waals surface area (Å²) in [5.74, 6) is 0.894. The van der Waals surface area contributed by atoms with Crippen molar-refractivity contribution in [1.82, 2.24) is 0 Å². The molecule has 0 unspecified atom stereocenters. The van der Waals surface area contributed by atoms with Crippen LogP contribution in [-0.2, 0) is 6.42 Å². The Morgan fingerprint density at radius 1 is 1.50 bits per heavy atom. The monoisotopic (exact) mass is 162 g/mol. The molecule has 0 bridgehead atoms. The van der Waals surface area contributed by atoms with Crippen molar-refractivity contribution in [3.05, 3.63) is 29.3 Å². The molecule has 62 valence electrons. The highest BCUT2D eigenvalue weighted by Crippen LogP contribution is 2.29. The maximum absolute atomic E-state index is 11.2. The molecule has 0 fully saturated rings. The molecule has 0 aromatic heterocycles. The zero-order valence-corrected chi connectivity index (χ0v) is 6.96. The van der Waals surface area contributed by atoms with Gasteiger partial charge in [-0.1, -0.05) is 19.1 Å². The smallest absolute Gasteiger partial charge is 0.203 e. The zero-order valence-electron chi connectivity index (χ0n) is 6.96. The molecule has 1 aliphatic heterocycles. The van der Waals surface area contributed by atoms with Gasteiger partial charge in [-0.25, -0.2) is 0 Å². The summed E-state index contributed by atoms with van der Waals surface area (Å²) in [6.45, 7) is 2.27. The second-order valence-corrected chi connectivity index (χ2v) is 2.86. The number of Topliss-reactive ketones (excluding diaryl/α,β-unsaturated/α-hetero) is 1. The van der Waals surface area contributed by atoms with Crippen molar-refractivity contribution in [3.63, 3.8) is 0 Å². The number of carbonyl (C=O) groups excluding carboxylic acids is 1. The second kappa shape index (κ2) is 2.63. The fourth-order valence-electron chi connectivity index (χ4n) is 1.47. The van der Waals surface area contributed by atoms with Gasteiger partial charge < -0.3 is 4.74 Å². The first-order valence-electron chi connectivity index (χ1n) is 4.11. The van der Waals surface area contributed by atoms with Crippen LogP contribution in [0.15, 0.2) is 18.2 Å². The SMILES string of the molecule is CCc1cccc2c1OCC2=O. The number of aryl methyl sites for hydroxylation is 1. The molecule has 0 saturated carbocycles. The van der Waals surface area contributed by atoms with E-state index in [4.69, 9.17) is 4.74 Å². The third kappa shape index (κ3) is 0.916. The summed E-state index contributed by atoms with van der Waals surface area (Å²) in [6.07, 6.45) is 0.913. The number of rotatable bonds is 1. The Bertz CT molecular complexity index is 329. The van der Waals surface area contributed by atoms with Gasteiger partial charge in [0.25, 0.3) is 0 Å². The predicted molar refractivity (Wildman–Crippen MR) is 45.6 cm³/mol. The summed E-state index contributed by atoms with van der Waals surface area (Å²) in [4.78, 5) is 11.2. The minimum Gasteiger partial charge on any atom is -0.484 e. The molecule has 1 heterocycles. The van der Waals surface area contributed by atoms with Gasteiger partial charge >= 0.3 is 0 Å². The summed E-state index contributed by atoms with van der Waals surface area (Å²) >= 11 is 0. The van der Waals surface area contributed by atoms with Crippen molar-refractivity contribution in [2.45, 2.75) is 13.3 Å². The van der Waals surface area contributed by atoms with Crippen molar-refractivity contribution in [3.8, 4) is 5.75 Å². The van der Waals surface area contributed by atoms with Crippen LogP contribution in [0.1, 0.15) is 22.8 Å². The molecule has 2 rings (SSSR count). The van der Waals surface area contributed by atoms with Gasteiger partial charge in [-0.15, -0.1) is 0 Å². The van der Waals surface area contributed by atoms with Crippen molar-refractivity contribution >= 4 is 5.78 Å². The van der Waals surface area contributed by atoms with Crippen LogP contribution in [0.4, 0.5) is 0 Å². The molecule has 0 spiro atoms. The van der Waals surface area contributed by atoms with E-state index < -0.39 is 0 Å². The minimum atomic E-state index is 0.0975. The average molecular weight is 162 g/mol. The van der Waals surface area contributed by atoms with E-state index in [1.807, 2.05) is 18.2 Å². The molecule has 0 atom stereocenters. The topological polar surface area (TPSA) is 26.3 Å². The Morgan fingerprint density at radius 2 is 2.33 bits per heavy atom. The van der Waals surface area contributed by atoms with Gasteiger partial charge in [0.1, 0.15) is 5.75 Å². The Balaban J connectivity index is 2.58. The summed E-state index contributed by atoms with van der Waals surface area (Å²) in [5.41, 5.74) is 1.87. The Kier molecular flexibility index (Phi) is 1.61. The van der Waals surface area contributed by atoms with Gasteiger partial charge in [-0.3, -0.25) is 4.79 Å². The molecule has 0 saturated heterocycles. The quantitative estimate of drug-likeness (QED) is 0.629. The van der Waals surface area contributed by atoms with Crippen LogP contribution in [0.3, 0.4) is 0 Å². The summed E-state index contributed by atoms with van der Waals surface area (Å²) in [7, 11) is 0. The highest BCUT2D eigenvalue weighted by molar-refractivity contribution is 6.02. The molecule has 1 aliphatic rings. The largest absolute Gasteiger partial charge is 0.484 e. The molecule has 0 radical (unpaired) electrons. The fraction of sp³-hybridized carbons (Fsp3) is 0.300. The molecule has 12 heavy (non-hydrogen) atoms. The lowest BCUT2D eigenvalue weighted by Crippen LogP contribution is -1.98. The summed E-state index contributed by atoms with van der Waals surface area (Å²) < 4.78 is 5.28. The van der Waals surface area contributed by atoms with Crippen LogP contribution < -0.4 is 4.74 Å². The van der Waals surface area contributed by atoms with Gasteiger partial charge in [0, 0.05) is 0 Å². The standard InChI is InChI=1S/C10H10O2/c1-2-7-4-3-5-8-9(11)6-12-10(7)8/h3-5H,2,6H2,1H3. The number of ketones is 1. The lowest BCUT2D eigenvalue weighted by atomic mass is 10.1. The Hall–Kier alpha value is -1.31. The molecule has 0 N–H and O–H groups in total. The highest BCUT2D eigenvalue weighted by Gasteiger charge is 2.22. The first-order chi connectivity index (χ1) is 5.83. The lowest BCUT2D eigenvalue weighted by Gasteiger charge is -2.02. The van der Waals surface area contributed by atoms with Crippen molar-refractivity contribution in [2.24, 2.45) is 0 Å². The van der Waals surface area contributed by atoms with Crippen LogP contribution in [0, 0.1) is 0 Å². The van der Waals surface area contributed by atoms with E-state index in [0.29, 0.717) is 0 Å². The third-order valence-electron chi connectivity index (χ3n) is 2.13.